The number of sulfonamides is 1. The molecule has 0 radical (unpaired) electrons. The Hall–Kier alpha value is -0.910. The second-order valence-corrected chi connectivity index (χ2v) is 6.96. The standard InChI is InChI=1S/C15H26N2O2S/c1-5-12(3)14-7-9-15(10-8-14)20(18,19)17-11-13(4)16-6-2/h7-10,12-13,16-17H,5-6,11H2,1-4H3/t12?,13-/m1/s1. The molecule has 0 spiro atoms. The number of rotatable bonds is 8. The largest absolute Gasteiger partial charge is 0.313 e. The molecule has 20 heavy (non-hydrogen) atoms. The van der Waals surface area contributed by atoms with Gasteiger partial charge < -0.3 is 5.32 Å². The van der Waals surface area contributed by atoms with Crippen LogP contribution < -0.4 is 10.0 Å². The molecule has 2 atom stereocenters. The fourth-order valence-electron chi connectivity index (χ4n) is 1.95. The molecule has 0 fully saturated rings. The zero-order chi connectivity index (χ0) is 15.2. The third kappa shape index (κ3) is 4.89. The van der Waals surface area contributed by atoms with Gasteiger partial charge in [0.1, 0.15) is 0 Å². The van der Waals surface area contributed by atoms with Crippen molar-refractivity contribution in [3.05, 3.63) is 29.8 Å². The van der Waals surface area contributed by atoms with E-state index < -0.39 is 10.0 Å². The zero-order valence-electron chi connectivity index (χ0n) is 12.8. The Balaban J connectivity index is 2.73. The van der Waals surface area contributed by atoms with E-state index in [0.29, 0.717) is 17.4 Å². The van der Waals surface area contributed by atoms with Gasteiger partial charge in [0.25, 0.3) is 0 Å². The monoisotopic (exact) mass is 298 g/mol. The highest BCUT2D eigenvalue weighted by molar-refractivity contribution is 7.89. The molecule has 1 aromatic rings. The maximum atomic E-state index is 12.2. The Morgan fingerprint density at radius 1 is 1.10 bits per heavy atom. The summed E-state index contributed by atoms with van der Waals surface area (Å²) in [6.45, 7) is 9.44. The summed E-state index contributed by atoms with van der Waals surface area (Å²) in [5, 5.41) is 3.17. The van der Waals surface area contributed by atoms with Crippen LogP contribution in [0.1, 0.15) is 45.6 Å². The van der Waals surface area contributed by atoms with Gasteiger partial charge in [0.2, 0.25) is 10.0 Å². The molecule has 0 aliphatic heterocycles. The van der Waals surface area contributed by atoms with Gasteiger partial charge >= 0.3 is 0 Å². The Labute approximate surface area is 123 Å². The summed E-state index contributed by atoms with van der Waals surface area (Å²) >= 11 is 0. The van der Waals surface area contributed by atoms with Gasteiger partial charge in [-0.1, -0.05) is 32.9 Å². The molecular formula is C15H26N2O2S. The normalized spacial score (nSPS) is 15.0. The molecule has 0 aromatic heterocycles. The van der Waals surface area contributed by atoms with Crippen molar-refractivity contribution in [3.63, 3.8) is 0 Å². The maximum Gasteiger partial charge on any atom is 0.240 e. The van der Waals surface area contributed by atoms with Crippen molar-refractivity contribution in [1.82, 2.24) is 10.0 Å². The molecule has 0 amide bonds. The van der Waals surface area contributed by atoms with Gasteiger partial charge in [-0.05, 0) is 43.5 Å². The first-order valence-electron chi connectivity index (χ1n) is 7.23. The summed E-state index contributed by atoms with van der Waals surface area (Å²) in [6, 6.07) is 7.28. The lowest BCUT2D eigenvalue weighted by atomic mass is 9.99. The Bertz CT molecular complexity index is 497. The van der Waals surface area contributed by atoms with E-state index >= 15 is 0 Å². The zero-order valence-corrected chi connectivity index (χ0v) is 13.6. The third-order valence-corrected chi connectivity index (χ3v) is 4.94. The first-order valence-corrected chi connectivity index (χ1v) is 8.72. The van der Waals surface area contributed by atoms with Crippen molar-refractivity contribution in [2.24, 2.45) is 0 Å². The van der Waals surface area contributed by atoms with Crippen molar-refractivity contribution in [1.29, 1.82) is 0 Å². The summed E-state index contributed by atoms with van der Waals surface area (Å²) in [5.41, 5.74) is 1.17. The highest BCUT2D eigenvalue weighted by atomic mass is 32.2. The van der Waals surface area contributed by atoms with Crippen LogP contribution in [-0.2, 0) is 10.0 Å². The topological polar surface area (TPSA) is 58.2 Å². The van der Waals surface area contributed by atoms with E-state index in [1.807, 2.05) is 26.0 Å². The molecule has 2 N–H and O–H groups in total. The number of nitrogens with one attached hydrogen (secondary N) is 2. The minimum Gasteiger partial charge on any atom is -0.313 e. The van der Waals surface area contributed by atoms with Gasteiger partial charge in [0, 0.05) is 12.6 Å². The van der Waals surface area contributed by atoms with Crippen molar-refractivity contribution in [3.8, 4) is 0 Å². The van der Waals surface area contributed by atoms with Gasteiger partial charge in [0.05, 0.1) is 4.90 Å². The van der Waals surface area contributed by atoms with E-state index in [9.17, 15) is 8.42 Å². The highest BCUT2D eigenvalue weighted by Crippen LogP contribution is 2.20. The van der Waals surface area contributed by atoms with Crippen LogP contribution in [0.2, 0.25) is 0 Å². The van der Waals surface area contributed by atoms with E-state index in [1.54, 1.807) is 12.1 Å². The summed E-state index contributed by atoms with van der Waals surface area (Å²) in [7, 11) is -3.41. The van der Waals surface area contributed by atoms with Gasteiger partial charge in [-0.2, -0.15) is 0 Å². The molecule has 1 aromatic carbocycles. The molecule has 5 heteroatoms. The lowest BCUT2D eigenvalue weighted by Crippen LogP contribution is -2.38. The average Bonchev–Trinajstić information content (AvgIpc) is 2.45. The summed E-state index contributed by atoms with van der Waals surface area (Å²) in [5.74, 6) is 0.452. The van der Waals surface area contributed by atoms with E-state index in [1.165, 1.54) is 5.56 Å². The van der Waals surface area contributed by atoms with Crippen LogP contribution in [0.5, 0.6) is 0 Å². The van der Waals surface area contributed by atoms with Crippen molar-refractivity contribution >= 4 is 10.0 Å². The number of hydrogen-bond acceptors (Lipinski definition) is 3. The Kier molecular flexibility index (Phi) is 6.65. The third-order valence-electron chi connectivity index (χ3n) is 3.50. The van der Waals surface area contributed by atoms with E-state index in [0.717, 1.165) is 13.0 Å². The fourth-order valence-corrected chi connectivity index (χ4v) is 3.08. The first-order chi connectivity index (χ1) is 9.40. The van der Waals surface area contributed by atoms with Crippen molar-refractivity contribution in [2.75, 3.05) is 13.1 Å². The van der Waals surface area contributed by atoms with Crippen LogP contribution in [0.3, 0.4) is 0 Å². The summed E-state index contributed by atoms with van der Waals surface area (Å²) in [6.07, 6.45) is 1.05. The Morgan fingerprint density at radius 2 is 1.70 bits per heavy atom. The lowest BCUT2D eigenvalue weighted by molar-refractivity contribution is 0.536. The minimum absolute atomic E-state index is 0.120. The SMILES string of the molecule is CCN[C@H](C)CNS(=O)(=O)c1ccc(C(C)CC)cc1. The van der Waals surface area contributed by atoms with Crippen LogP contribution in [0.15, 0.2) is 29.2 Å². The Morgan fingerprint density at radius 3 is 2.20 bits per heavy atom. The quantitative estimate of drug-likeness (QED) is 0.775. The predicted octanol–water partition coefficient (Wildman–Crippen LogP) is 2.48. The number of benzene rings is 1. The van der Waals surface area contributed by atoms with E-state index in [-0.39, 0.29) is 6.04 Å². The molecule has 0 saturated carbocycles. The fraction of sp³-hybridized carbons (Fsp3) is 0.600. The van der Waals surface area contributed by atoms with Crippen LogP contribution >= 0.6 is 0 Å². The molecule has 114 valence electrons. The lowest BCUT2D eigenvalue weighted by Gasteiger charge is -2.14. The average molecular weight is 298 g/mol. The summed E-state index contributed by atoms with van der Waals surface area (Å²) in [4.78, 5) is 0.327. The van der Waals surface area contributed by atoms with Gasteiger partial charge in [0.15, 0.2) is 0 Å². The molecule has 0 aliphatic rings. The molecular weight excluding hydrogens is 272 g/mol. The molecule has 0 saturated heterocycles. The van der Waals surface area contributed by atoms with Crippen LogP contribution in [0, 0.1) is 0 Å². The highest BCUT2D eigenvalue weighted by Gasteiger charge is 2.15. The van der Waals surface area contributed by atoms with Gasteiger partial charge in [-0.3, -0.25) is 0 Å². The first kappa shape index (κ1) is 17.1. The van der Waals surface area contributed by atoms with Gasteiger partial charge in [-0.15, -0.1) is 0 Å². The molecule has 0 heterocycles. The number of hydrogen-bond donors (Lipinski definition) is 2. The van der Waals surface area contributed by atoms with Crippen LogP contribution in [0.25, 0.3) is 0 Å². The number of likely N-dealkylation sites (N-methyl/N-ethyl adjacent to an activating group) is 1. The molecule has 0 aliphatic carbocycles. The molecule has 1 rings (SSSR count). The molecule has 0 bridgehead atoms. The van der Waals surface area contributed by atoms with E-state index in [2.05, 4.69) is 23.9 Å². The molecule has 1 unspecified atom stereocenters. The predicted molar refractivity (Wildman–Crippen MR) is 83.5 cm³/mol. The minimum atomic E-state index is -3.41. The van der Waals surface area contributed by atoms with Gasteiger partial charge in [-0.25, -0.2) is 13.1 Å². The van der Waals surface area contributed by atoms with Crippen LogP contribution in [0.4, 0.5) is 0 Å². The summed E-state index contributed by atoms with van der Waals surface area (Å²) < 4.78 is 26.9. The maximum absolute atomic E-state index is 12.2. The molecule has 4 nitrogen and oxygen atoms in total. The van der Waals surface area contributed by atoms with Crippen LogP contribution in [-0.4, -0.2) is 27.5 Å². The second-order valence-electron chi connectivity index (χ2n) is 5.19. The van der Waals surface area contributed by atoms with E-state index in [4.69, 9.17) is 0 Å². The van der Waals surface area contributed by atoms with Crippen molar-refractivity contribution < 1.29 is 8.42 Å². The van der Waals surface area contributed by atoms with Crippen molar-refractivity contribution in [2.45, 2.75) is 51.0 Å². The second kappa shape index (κ2) is 7.76. The smallest absolute Gasteiger partial charge is 0.240 e.